The van der Waals surface area contributed by atoms with Gasteiger partial charge in [-0.3, -0.25) is 0 Å². The molecule has 0 atom stereocenters. The van der Waals surface area contributed by atoms with Gasteiger partial charge < -0.3 is 10.2 Å². The number of nitrogens with zero attached hydrogens (tertiary/aromatic N) is 2. The number of rotatable bonds is 5. The van der Waals surface area contributed by atoms with E-state index in [9.17, 15) is 8.42 Å². The summed E-state index contributed by atoms with van der Waals surface area (Å²) in [5.74, 6) is 0. The molecule has 1 N–H and O–H groups in total. The molecule has 0 radical (unpaired) electrons. The minimum Gasteiger partial charge on any atom is -0.310 e. The number of hydrogen-bond acceptors (Lipinski definition) is 4. The maximum absolute atomic E-state index is 12.6. The first-order chi connectivity index (χ1) is 9.89. The van der Waals surface area contributed by atoms with Crippen LogP contribution in [0.1, 0.15) is 19.4 Å². The van der Waals surface area contributed by atoms with Crippen molar-refractivity contribution < 1.29 is 8.42 Å². The highest BCUT2D eigenvalue weighted by molar-refractivity contribution is 7.89. The summed E-state index contributed by atoms with van der Waals surface area (Å²) in [6.07, 6.45) is 0. The lowest BCUT2D eigenvalue weighted by Gasteiger charge is -2.31. The van der Waals surface area contributed by atoms with Crippen LogP contribution < -0.4 is 5.32 Å². The summed E-state index contributed by atoms with van der Waals surface area (Å²) in [5.41, 5.74) is 1.10. The van der Waals surface area contributed by atoms with Crippen molar-refractivity contribution in [2.45, 2.75) is 31.3 Å². The third-order valence-corrected chi connectivity index (χ3v) is 5.65. The standard InChI is InChI=1S/C15H25N3O2S/c1-13(2)16-12-14-4-6-15(7-5-14)21(19,20)18-10-8-17(3)9-11-18/h4-7,13,16H,8-12H2,1-3H3. The molecule has 1 aromatic carbocycles. The number of benzene rings is 1. The molecule has 0 spiro atoms. The van der Waals surface area contributed by atoms with Crippen LogP contribution in [0, 0.1) is 0 Å². The van der Waals surface area contributed by atoms with Crippen LogP contribution in [0.3, 0.4) is 0 Å². The number of piperazine rings is 1. The Morgan fingerprint density at radius 2 is 1.67 bits per heavy atom. The van der Waals surface area contributed by atoms with Gasteiger partial charge in [0.25, 0.3) is 0 Å². The molecule has 1 aromatic rings. The molecule has 0 aromatic heterocycles. The Balaban J connectivity index is 2.06. The summed E-state index contributed by atoms with van der Waals surface area (Å²) >= 11 is 0. The highest BCUT2D eigenvalue weighted by atomic mass is 32.2. The van der Waals surface area contributed by atoms with E-state index in [0.29, 0.717) is 24.0 Å². The quantitative estimate of drug-likeness (QED) is 0.885. The summed E-state index contributed by atoms with van der Waals surface area (Å²) < 4.78 is 26.7. The third-order valence-electron chi connectivity index (χ3n) is 3.74. The van der Waals surface area contributed by atoms with Gasteiger partial charge in [-0.1, -0.05) is 26.0 Å². The van der Waals surface area contributed by atoms with E-state index in [0.717, 1.165) is 25.2 Å². The molecule has 2 rings (SSSR count). The minimum absolute atomic E-state index is 0.389. The molecule has 1 aliphatic heterocycles. The second kappa shape index (κ2) is 6.87. The van der Waals surface area contributed by atoms with Gasteiger partial charge in [-0.05, 0) is 24.7 Å². The molecule has 0 amide bonds. The van der Waals surface area contributed by atoms with E-state index in [-0.39, 0.29) is 0 Å². The SMILES string of the molecule is CC(C)NCc1ccc(S(=O)(=O)N2CCN(C)CC2)cc1. The van der Waals surface area contributed by atoms with Gasteiger partial charge in [0.2, 0.25) is 10.0 Å². The first-order valence-electron chi connectivity index (χ1n) is 7.40. The maximum Gasteiger partial charge on any atom is 0.243 e. The van der Waals surface area contributed by atoms with Crippen molar-refractivity contribution in [3.8, 4) is 0 Å². The minimum atomic E-state index is -3.35. The fraction of sp³-hybridized carbons (Fsp3) is 0.600. The van der Waals surface area contributed by atoms with E-state index < -0.39 is 10.0 Å². The van der Waals surface area contributed by atoms with Gasteiger partial charge in [0, 0.05) is 38.8 Å². The number of sulfonamides is 1. The summed E-state index contributed by atoms with van der Waals surface area (Å²) in [6.45, 7) is 7.64. The molecular formula is C15H25N3O2S. The van der Waals surface area contributed by atoms with Crippen LogP contribution in [0.4, 0.5) is 0 Å². The smallest absolute Gasteiger partial charge is 0.243 e. The second-order valence-corrected chi connectivity index (χ2v) is 7.82. The molecule has 21 heavy (non-hydrogen) atoms. The van der Waals surface area contributed by atoms with Gasteiger partial charge >= 0.3 is 0 Å². The Labute approximate surface area is 128 Å². The lowest BCUT2D eigenvalue weighted by atomic mass is 10.2. The van der Waals surface area contributed by atoms with E-state index in [2.05, 4.69) is 24.1 Å². The van der Waals surface area contributed by atoms with Gasteiger partial charge in [0.05, 0.1) is 4.90 Å². The predicted octanol–water partition coefficient (Wildman–Crippen LogP) is 1.12. The number of nitrogens with one attached hydrogen (secondary N) is 1. The van der Waals surface area contributed by atoms with Crippen molar-refractivity contribution >= 4 is 10.0 Å². The fourth-order valence-corrected chi connectivity index (χ4v) is 3.70. The molecule has 1 saturated heterocycles. The Hall–Kier alpha value is -0.950. The van der Waals surface area contributed by atoms with Crippen molar-refractivity contribution in [2.75, 3.05) is 33.2 Å². The van der Waals surface area contributed by atoms with E-state index in [1.807, 2.05) is 19.2 Å². The van der Waals surface area contributed by atoms with Crippen LogP contribution in [0.25, 0.3) is 0 Å². The lowest BCUT2D eigenvalue weighted by Crippen LogP contribution is -2.47. The van der Waals surface area contributed by atoms with Crippen molar-refractivity contribution in [1.82, 2.24) is 14.5 Å². The summed E-state index contributed by atoms with van der Waals surface area (Å²) in [4.78, 5) is 2.53. The molecule has 6 heteroatoms. The molecule has 1 heterocycles. The number of likely N-dealkylation sites (N-methyl/N-ethyl adjacent to an activating group) is 1. The Morgan fingerprint density at radius 1 is 1.10 bits per heavy atom. The van der Waals surface area contributed by atoms with Gasteiger partial charge in [0.1, 0.15) is 0 Å². The predicted molar refractivity (Wildman–Crippen MR) is 84.7 cm³/mol. The van der Waals surface area contributed by atoms with Crippen LogP contribution in [0.5, 0.6) is 0 Å². The molecule has 0 aliphatic carbocycles. The van der Waals surface area contributed by atoms with Crippen LogP contribution >= 0.6 is 0 Å². The molecule has 1 aliphatic rings. The molecule has 0 saturated carbocycles. The number of hydrogen-bond donors (Lipinski definition) is 1. The third kappa shape index (κ3) is 4.26. The zero-order chi connectivity index (χ0) is 15.5. The Bertz CT molecular complexity index is 547. The summed E-state index contributed by atoms with van der Waals surface area (Å²) in [6, 6.07) is 7.62. The fourth-order valence-electron chi connectivity index (χ4n) is 2.28. The summed E-state index contributed by atoms with van der Waals surface area (Å²) in [5, 5.41) is 3.32. The van der Waals surface area contributed by atoms with Crippen LogP contribution in [-0.4, -0.2) is 56.9 Å². The second-order valence-electron chi connectivity index (χ2n) is 5.89. The van der Waals surface area contributed by atoms with Crippen LogP contribution in [-0.2, 0) is 16.6 Å². The Morgan fingerprint density at radius 3 is 2.19 bits per heavy atom. The van der Waals surface area contributed by atoms with Crippen molar-refractivity contribution in [2.24, 2.45) is 0 Å². The van der Waals surface area contributed by atoms with E-state index in [1.165, 1.54) is 0 Å². The van der Waals surface area contributed by atoms with Gasteiger partial charge in [-0.15, -0.1) is 0 Å². The van der Waals surface area contributed by atoms with E-state index in [1.54, 1.807) is 16.4 Å². The average molecular weight is 311 g/mol. The van der Waals surface area contributed by atoms with E-state index in [4.69, 9.17) is 0 Å². The topological polar surface area (TPSA) is 52.7 Å². The van der Waals surface area contributed by atoms with Crippen molar-refractivity contribution in [1.29, 1.82) is 0 Å². The highest BCUT2D eigenvalue weighted by Crippen LogP contribution is 2.18. The molecule has 0 unspecified atom stereocenters. The molecular weight excluding hydrogens is 286 g/mol. The zero-order valence-electron chi connectivity index (χ0n) is 13.0. The Kier molecular flexibility index (Phi) is 5.37. The van der Waals surface area contributed by atoms with Crippen molar-refractivity contribution in [3.05, 3.63) is 29.8 Å². The van der Waals surface area contributed by atoms with Crippen molar-refractivity contribution in [3.63, 3.8) is 0 Å². The molecule has 1 fully saturated rings. The lowest BCUT2D eigenvalue weighted by molar-refractivity contribution is 0.222. The molecule has 5 nitrogen and oxygen atoms in total. The largest absolute Gasteiger partial charge is 0.310 e. The van der Waals surface area contributed by atoms with Gasteiger partial charge in [-0.25, -0.2) is 8.42 Å². The monoisotopic (exact) mass is 311 g/mol. The zero-order valence-corrected chi connectivity index (χ0v) is 13.9. The van der Waals surface area contributed by atoms with Gasteiger partial charge in [0.15, 0.2) is 0 Å². The summed E-state index contributed by atoms with van der Waals surface area (Å²) in [7, 11) is -1.33. The first kappa shape index (κ1) is 16.4. The van der Waals surface area contributed by atoms with Crippen LogP contribution in [0.2, 0.25) is 0 Å². The normalized spacial score (nSPS) is 18.3. The first-order valence-corrected chi connectivity index (χ1v) is 8.84. The van der Waals surface area contributed by atoms with Gasteiger partial charge in [-0.2, -0.15) is 4.31 Å². The average Bonchev–Trinajstić information content (AvgIpc) is 2.46. The van der Waals surface area contributed by atoms with Crippen LogP contribution in [0.15, 0.2) is 29.2 Å². The highest BCUT2D eigenvalue weighted by Gasteiger charge is 2.27. The molecule has 118 valence electrons. The maximum atomic E-state index is 12.6. The molecule has 0 bridgehead atoms. The van der Waals surface area contributed by atoms with E-state index >= 15 is 0 Å².